The number of aromatic carboxylic acids is 1. The lowest BCUT2D eigenvalue weighted by Gasteiger charge is -2.02. The van der Waals surface area contributed by atoms with Crippen molar-refractivity contribution in [3.63, 3.8) is 0 Å². The van der Waals surface area contributed by atoms with E-state index >= 15 is 0 Å². The van der Waals surface area contributed by atoms with Gasteiger partial charge in [-0.2, -0.15) is 5.10 Å². The molecule has 138 valence electrons. The minimum atomic E-state index is -1.22. The van der Waals surface area contributed by atoms with Gasteiger partial charge in [-0.05, 0) is 34.9 Å². The minimum absolute atomic E-state index is 0.106. The predicted molar refractivity (Wildman–Crippen MR) is 105 cm³/mol. The zero-order valence-corrected chi connectivity index (χ0v) is 15.1. The average molecular weight is 391 g/mol. The number of thiophene rings is 1. The zero-order valence-electron chi connectivity index (χ0n) is 14.3. The summed E-state index contributed by atoms with van der Waals surface area (Å²) in [7, 11) is 0. The first-order chi connectivity index (χ1) is 13.6. The van der Waals surface area contributed by atoms with Gasteiger partial charge in [0, 0.05) is 4.88 Å². The van der Waals surface area contributed by atoms with Crippen LogP contribution in [0.5, 0.6) is 0 Å². The van der Waals surface area contributed by atoms with Crippen LogP contribution in [-0.4, -0.2) is 22.2 Å². The molecule has 0 amide bonds. The quantitative estimate of drug-likeness (QED) is 0.416. The van der Waals surface area contributed by atoms with Crippen LogP contribution in [0.2, 0.25) is 0 Å². The number of hydrazone groups is 1. The van der Waals surface area contributed by atoms with Crippen molar-refractivity contribution < 1.29 is 14.3 Å². The molecule has 2 aromatic heterocycles. The number of carboxylic acid groups (broad SMARTS) is 1. The fourth-order valence-electron chi connectivity index (χ4n) is 2.56. The number of hydrogen-bond donors (Lipinski definition) is 1. The van der Waals surface area contributed by atoms with Crippen molar-refractivity contribution >= 4 is 39.6 Å². The Bertz CT molecular complexity index is 1170. The third-order valence-electron chi connectivity index (χ3n) is 3.97. The Morgan fingerprint density at radius 3 is 2.57 bits per heavy atom. The highest BCUT2D eigenvalue weighted by Gasteiger charge is 2.10. The van der Waals surface area contributed by atoms with Gasteiger partial charge < -0.3 is 9.90 Å². The van der Waals surface area contributed by atoms with Crippen LogP contribution < -0.4 is 10.5 Å². The van der Waals surface area contributed by atoms with Crippen molar-refractivity contribution in [2.45, 2.75) is 0 Å². The molecule has 4 aromatic rings. The smallest absolute Gasteiger partial charge is 0.167 e. The van der Waals surface area contributed by atoms with Crippen molar-refractivity contribution in [1.82, 2.24) is 9.97 Å². The van der Waals surface area contributed by atoms with Crippen LogP contribution in [0.1, 0.15) is 15.9 Å². The Morgan fingerprint density at radius 1 is 1.11 bits per heavy atom. The first kappa shape index (κ1) is 17.7. The van der Waals surface area contributed by atoms with Crippen LogP contribution in [0.3, 0.4) is 0 Å². The third-order valence-corrected chi connectivity index (χ3v) is 5.15. The van der Waals surface area contributed by atoms with Gasteiger partial charge in [0.1, 0.15) is 12.1 Å². The molecule has 0 radical (unpaired) electrons. The maximum Gasteiger partial charge on any atom is 0.167 e. The Hall–Kier alpha value is -3.65. The lowest BCUT2D eigenvalue weighted by molar-refractivity contribution is -0.255. The standard InChI is InChI=1S/C20H13FN4O2S/c21-15-7-5-13(6-8-15)17-9-16-18(28-17)19(23-11-22-16)25-24-10-12-1-3-14(4-2-12)20(26)27/h1-11H,(H,26,27)(H,22,23,25)/p-1/b24-10-. The summed E-state index contributed by atoms with van der Waals surface area (Å²) in [5.74, 6) is -0.959. The van der Waals surface area contributed by atoms with Crippen LogP contribution in [0, 0.1) is 5.82 Å². The Morgan fingerprint density at radius 2 is 1.86 bits per heavy atom. The van der Waals surface area contributed by atoms with Crippen molar-refractivity contribution in [3.05, 3.63) is 77.9 Å². The normalized spacial score (nSPS) is 11.2. The molecule has 1 N–H and O–H groups in total. The fraction of sp³-hybridized carbons (Fsp3) is 0. The summed E-state index contributed by atoms with van der Waals surface area (Å²) in [6.45, 7) is 0. The van der Waals surface area contributed by atoms with Gasteiger partial charge in [0.25, 0.3) is 0 Å². The zero-order chi connectivity index (χ0) is 19.5. The second kappa shape index (κ2) is 7.53. The molecular formula is C20H12FN4O2S-. The van der Waals surface area contributed by atoms with E-state index in [0.717, 1.165) is 26.2 Å². The average Bonchev–Trinajstić information content (AvgIpc) is 3.14. The molecular weight excluding hydrogens is 379 g/mol. The van der Waals surface area contributed by atoms with E-state index in [1.165, 1.54) is 41.9 Å². The van der Waals surface area contributed by atoms with Gasteiger partial charge >= 0.3 is 0 Å². The summed E-state index contributed by atoms with van der Waals surface area (Å²) in [6.07, 6.45) is 3.00. The molecule has 6 nitrogen and oxygen atoms in total. The highest BCUT2D eigenvalue weighted by molar-refractivity contribution is 7.22. The second-order valence-corrected chi connectivity index (χ2v) is 6.89. The Labute approximate surface area is 163 Å². The molecule has 0 aliphatic heterocycles. The molecule has 2 aromatic carbocycles. The predicted octanol–water partition coefficient (Wildman–Crippen LogP) is 3.31. The number of rotatable bonds is 5. The molecule has 0 bridgehead atoms. The minimum Gasteiger partial charge on any atom is -0.545 e. The number of nitrogens with zero attached hydrogens (tertiary/aromatic N) is 3. The van der Waals surface area contributed by atoms with Crippen molar-refractivity contribution in [2.75, 3.05) is 5.43 Å². The van der Waals surface area contributed by atoms with Crippen LogP contribution in [0.25, 0.3) is 20.7 Å². The highest BCUT2D eigenvalue weighted by atomic mass is 32.1. The molecule has 0 aliphatic rings. The van der Waals surface area contributed by atoms with E-state index in [2.05, 4.69) is 20.5 Å². The fourth-order valence-corrected chi connectivity index (χ4v) is 3.62. The summed E-state index contributed by atoms with van der Waals surface area (Å²) in [5, 5.41) is 14.9. The molecule has 0 saturated heterocycles. The lowest BCUT2D eigenvalue weighted by atomic mass is 10.1. The van der Waals surface area contributed by atoms with Gasteiger partial charge in [-0.15, -0.1) is 11.3 Å². The van der Waals surface area contributed by atoms with E-state index in [0.29, 0.717) is 5.82 Å². The van der Waals surface area contributed by atoms with Gasteiger partial charge in [0.05, 0.1) is 22.4 Å². The molecule has 0 saturated carbocycles. The van der Waals surface area contributed by atoms with Crippen molar-refractivity contribution in [1.29, 1.82) is 0 Å². The number of nitrogens with one attached hydrogen (secondary N) is 1. The van der Waals surface area contributed by atoms with Gasteiger partial charge in [0.15, 0.2) is 5.82 Å². The van der Waals surface area contributed by atoms with Gasteiger partial charge in [-0.25, -0.2) is 14.4 Å². The van der Waals surface area contributed by atoms with E-state index in [1.807, 2.05) is 6.07 Å². The van der Waals surface area contributed by atoms with Crippen LogP contribution in [0.4, 0.5) is 10.2 Å². The largest absolute Gasteiger partial charge is 0.545 e. The summed E-state index contributed by atoms with van der Waals surface area (Å²) in [4.78, 5) is 20.2. The van der Waals surface area contributed by atoms with E-state index in [-0.39, 0.29) is 11.4 Å². The number of benzene rings is 2. The first-order valence-corrected chi connectivity index (χ1v) is 9.03. The molecule has 2 heterocycles. The molecule has 8 heteroatoms. The molecule has 0 spiro atoms. The number of fused-ring (bicyclic) bond motifs is 1. The number of carbonyl (C=O) groups is 1. The summed E-state index contributed by atoms with van der Waals surface area (Å²) < 4.78 is 14.0. The molecule has 0 fully saturated rings. The van der Waals surface area contributed by atoms with Gasteiger partial charge in [0.2, 0.25) is 0 Å². The van der Waals surface area contributed by atoms with E-state index in [4.69, 9.17) is 0 Å². The maximum absolute atomic E-state index is 13.1. The lowest BCUT2D eigenvalue weighted by Crippen LogP contribution is -2.21. The topological polar surface area (TPSA) is 90.3 Å². The number of aromatic nitrogens is 2. The molecule has 0 unspecified atom stereocenters. The second-order valence-electron chi connectivity index (χ2n) is 5.83. The van der Waals surface area contributed by atoms with Gasteiger partial charge in [-0.1, -0.05) is 36.4 Å². The molecule has 4 rings (SSSR count). The monoisotopic (exact) mass is 391 g/mol. The van der Waals surface area contributed by atoms with Crippen LogP contribution in [-0.2, 0) is 0 Å². The molecule has 0 atom stereocenters. The summed E-state index contributed by atoms with van der Waals surface area (Å²) in [6, 6.07) is 14.3. The van der Waals surface area contributed by atoms with Crippen molar-refractivity contribution in [3.8, 4) is 10.4 Å². The van der Waals surface area contributed by atoms with Crippen molar-refractivity contribution in [2.24, 2.45) is 5.10 Å². The van der Waals surface area contributed by atoms with E-state index < -0.39 is 5.97 Å². The number of carbonyl (C=O) groups excluding carboxylic acids is 1. The number of hydrogen-bond acceptors (Lipinski definition) is 7. The van der Waals surface area contributed by atoms with Crippen LogP contribution in [0.15, 0.2) is 66.0 Å². The Kier molecular flexibility index (Phi) is 4.77. The van der Waals surface area contributed by atoms with E-state index in [9.17, 15) is 14.3 Å². The van der Waals surface area contributed by atoms with Crippen LogP contribution >= 0.6 is 11.3 Å². The number of carboxylic acids is 1. The van der Waals surface area contributed by atoms with Gasteiger partial charge in [-0.3, -0.25) is 5.43 Å². The number of anilines is 1. The first-order valence-electron chi connectivity index (χ1n) is 8.21. The maximum atomic E-state index is 13.1. The molecule has 28 heavy (non-hydrogen) atoms. The SMILES string of the molecule is O=C([O-])c1ccc(/C=N\Nc2ncnc3cc(-c4ccc(F)cc4)sc23)cc1. The number of halogens is 1. The van der Waals surface area contributed by atoms with E-state index in [1.54, 1.807) is 30.5 Å². The third kappa shape index (κ3) is 3.72. The summed E-state index contributed by atoms with van der Waals surface area (Å²) >= 11 is 1.48. The highest BCUT2D eigenvalue weighted by Crippen LogP contribution is 2.35. The Balaban J connectivity index is 1.57. The molecule has 0 aliphatic carbocycles. The summed E-state index contributed by atoms with van der Waals surface area (Å²) in [5.41, 5.74) is 5.37.